The minimum atomic E-state index is 0.557. The third kappa shape index (κ3) is 3.56. The molecule has 0 saturated carbocycles. The molecule has 0 bridgehead atoms. The van der Waals surface area contributed by atoms with Gasteiger partial charge in [0.2, 0.25) is 0 Å². The van der Waals surface area contributed by atoms with Gasteiger partial charge in [-0.15, -0.1) is 11.8 Å². The lowest BCUT2D eigenvalue weighted by Gasteiger charge is -2.08. The SMILES string of the molecule is CCSc1cc(C=N)cnc1-c1nc(/C=C(\N)CC)c(N)n1C. The average Bonchev–Trinajstić information content (AvgIpc) is 2.83. The lowest BCUT2D eigenvalue weighted by atomic mass is 10.2. The molecule has 7 heteroatoms. The number of thioether (sulfide) groups is 1. The van der Waals surface area contributed by atoms with E-state index in [1.807, 2.05) is 24.6 Å². The molecule has 0 aliphatic heterocycles. The second-order valence-electron chi connectivity index (χ2n) is 5.03. The van der Waals surface area contributed by atoms with E-state index in [-0.39, 0.29) is 0 Å². The van der Waals surface area contributed by atoms with Crippen LogP contribution in [-0.2, 0) is 7.05 Å². The summed E-state index contributed by atoms with van der Waals surface area (Å²) in [7, 11) is 1.86. The minimum Gasteiger partial charge on any atom is -0.402 e. The number of anilines is 1. The molecule has 23 heavy (non-hydrogen) atoms. The first-order valence-corrected chi connectivity index (χ1v) is 8.42. The first-order chi connectivity index (χ1) is 11.0. The van der Waals surface area contributed by atoms with E-state index < -0.39 is 0 Å². The highest BCUT2D eigenvalue weighted by Gasteiger charge is 2.17. The molecular weight excluding hydrogens is 308 g/mol. The molecule has 0 unspecified atom stereocenters. The highest BCUT2D eigenvalue weighted by atomic mass is 32.2. The summed E-state index contributed by atoms with van der Waals surface area (Å²) in [5.41, 5.74) is 15.0. The van der Waals surface area contributed by atoms with Crippen molar-refractivity contribution < 1.29 is 0 Å². The second-order valence-corrected chi connectivity index (χ2v) is 6.34. The van der Waals surface area contributed by atoms with Gasteiger partial charge in [0.05, 0.1) is 0 Å². The molecule has 5 N–H and O–H groups in total. The van der Waals surface area contributed by atoms with Crippen LogP contribution in [0.2, 0.25) is 0 Å². The topological polar surface area (TPSA) is 107 Å². The number of aromatic nitrogens is 3. The summed E-state index contributed by atoms with van der Waals surface area (Å²) in [5.74, 6) is 2.16. The maximum atomic E-state index is 7.39. The maximum absolute atomic E-state index is 7.39. The van der Waals surface area contributed by atoms with Gasteiger partial charge in [-0.3, -0.25) is 4.98 Å². The molecule has 0 aromatic carbocycles. The fourth-order valence-corrected chi connectivity index (χ4v) is 2.91. The molecule has 0 saturated heterocycles. The monoisotopic (exact) mass is 330 g/mol. The minimum absolute atomic E-state index is 0.557. The molecule has 122 valence electrons. The van der Waals surface area contributed by atoms with Gasteiger partial charge in [-0.2, -0.15) is 0 Å². The first kappa shape index (κ1) is 17.1. The Morgan fingerprint density at radius 3 is 2.78 bits per heavy atom. The van der Waals surface area contributed by atoms with Gasteiger partial charge in [0.1, 0.15) is 17.2 Å². The molecule has 2 heterocycles. The van der Waals surface area contributed by atoms with Crippen LogP contribution < -0.4 is 11.5 Å². The zero-order valence-corrected chi connectivity index (χ0v) is 14.4. The van der Waals surface area contributed by atoms with E-state index in [4.69, 9.17) is 16.9 Å². The molecule has 2 aromatic heterocycles. The zero-order chi connectivity index (χ0) is 17.0. The first-order valence-electron chi connectivity index (χ1n) is 7.43. The Labute approximate surface area is 140 Å². The van der Waals surface area contributed by atoms with Crippen molar-refractivity contribution in [1.29, 1.82) is 5.41 Å². The van der Waals surface area contributed by atoms with Crippen LogP contribution in [0.25, 0.3) is 17.6 Å². The van der Waals surface area contributed by atoms with Gasteiger partial charge in [0.15, 0.2) is 5.82 Å². The molecule has 0 amide bonds. The molecule has 2 aromatic rings. The van der Waals surface area contributed by atoms with Crippen LogP contribution in [0.4, 0.5) is 5.82 Å². The highest BCUT2D eigenvalue weighted by Crippen LogP contribution is 2.31. The van der Waals surface area contributed by atoms with E-state index in [0.717, 1.165) is 34.0 Å². The zero-order valence-electron chi connectivity index (χ0n) is 13.6. The quantitative estimate of drug-likeness (QED) is 0.558. The summed E-state index contributed by atoms with van der Waals surface area (Å²) in [6, 6.07) is 1.95. The maximum Gasteiger partial charge on any atom is 0.161 e. The lowest BCUT2D eigenvalue weighted by Crippen LogP contribution is -2.01. The molecular formula is C16H22N6S. The molecule has 0 radical (unpaired) electrons. The largest absolute Gasteiger partial charge is 0.402 e. The Morgan fingerprint density at radius 2 is 2.17 bits per heavy atom. The van der Waals surface area contributed by atoms with Crippen LogP contribution in [0.3, 0.4) is 0 Å². The normalized spacial score (nSPS) is 11.7. The lowest BCUT2D eigenvalue weighted by molar-refractivity contribution is 0.922. The summed E-state index contributed by atoms with van der Waals surface area (Å²) in [6.45, 7) is 4.06. The number of imidazole rings is 1. The predicted molar refractivity (Wildman–Crippen MR) is 97.6 cm³/mol. The van der Waals surface area contributed by atoms with Crippen LogP contribution in [0, 0.1) is 5.41 Å². The van der Waals surface area contributed by atoms with Crippen LogP contribution in [-0.4, -0.2) is 26.5 Å². The number of hydrogen-bond donors (Lipinski definition) is 3. The van der Waals surface area contributed by atoms with Crippen molar-refractivity contribution in [2.45, 2.75) is 25.2 Å². The van der Waals surface area contributed by atoms with Crippen molar-refractivity contribution in [3.63, 3.8) is 0 Å². The van der Waals surface area contributed by atoms with Crippen molar-refractivity contribution in [1.82, 2.24) is 14.5 Å². The third-order valence-electron chi connectivity index (χ3n) is 3.45. The van der Waals surface area contributed by atoms with Crippen molar-refractivity contribution in [2.75, 3.05) is 11.5 Å². The Balaban J connectivity index is 2.58. The molecule has 0 spiro atoms. The number of allylic oxidation sites excluding steroid dienone is 1. The Morgan fingerprint density at radius 1 is 1.43 bits per heavy atom. The van der Waals surface area contributed by atoms with Gasteiger partial charge in [-0.25, -0.2) is 4.98 Å². The smallest absolute Gasteiger partial charge is 0.161 e. The van der Waals surface area contributed by atoms with Gasteiger partial charge in [0, 0.05) is 35.6 Å². The van der Waals surface area contributed by atoms with Crippen LogP contribution in [0.1, 0.15) is 31.5 Å². The van der Waals surface area contributed by atoms with Crippen LogP contribution in [0.15, 0.2) is 22.9 Å². The van der Waals surface area contributed by atoms with E-state index in [0.29, 0.717) is 17.3 Å². The molecule has 2 rings (SSSR count). The van der Waals surface area contributed by atoms with E-state index in [9.17, 15) is 0 Å². The van der Waals surface area contributed by atoms with Crippen molar-refractivity contribution in [3.8, 4) is 11.5 Å². The van der Waals surface area contributed by atoms with Crippen molar-refractivity contribution >= 4 is 29.9 Å². The number of nitrogens with two attached hydrogens (primary N) is 2. The summed E-state index contributed by atoms with van der Waals surface area (Å²) < 4.78 is 1.82. The number of hydrogen-bond acceptors (Lipinski definition) is 6. The number of rotatable bonds is 6. The van der Waals surface area contributed by atoms with E-state index in [1.54, 1.807) is 24.0 Å². The molecule has 0 atom stereocenters. The Hall–Kier alpha value is -2.28. The van der Waals surface area contributed by atoms with Crippen LogP contribution in [0.5, 0.6) is 0 Å². The predicted octanol–water partition coefficient (Wildman–Crippen LogP) is 2.88. The molecule has 0 aliphatic rings. The summed E-state index contributed by atoms with van der Waals surface area (Å²) >= 11 is 1.67. The van der Waals surface area contributed by atoms with Gasteiger partial charge in [-0.1, -0.05) is 13.8 Å². The Kier molecular flexibility index (Phi) is 5.44. The summed E-state index contributed by atoms with van der Waals surface area (Å²) in [4.78, 5) is 10.1. The standard InChI is InChI=1S/C16H22N6S/c1-4-11(18)7-12-15(19)22(3)16(21-12)14-13(23-5-2)6-10(8-17)9-20-14/h6-9,17H,4-5,18-19H2,1-3H3/b11-7-,17-8?. The van der Waals surface area contributed by atoms with Gasteiger partial charge in [-0.05, 0) is 24.3 Å². The van der Waals surface area contributed by atoms with Crippen molar-refractivity contribution in [3.05, 3.63) is 29.2 Å². The van der Waals surface area contributed by atoms with E-state index in [1.165, 1.54) is 6.21 Å². The fraction of sp³-hybridized carbons (Fsp3) is 0.312. The van der Waals surface area contributed by atoms with E-state index in [2.05, 4.69) is 16.9 Å². The fourth-order valence-electron chi connectivity index (χ4n) is 2.10. The summed E-state index contributed by atoms with van der Waals surface area (Å²) in [5, 5.41) is 7.39. The molecule has 0 fully saturated rings. The molecule has 6 nitrogen and oxygen atoms in total. The number of pyridine rings is 1. The van der Waals surface area contributed by atoms with Crippen molar-refractivity contribution in [2.24, 2.45) is 12.8 Å². The highest BCUT2D eigenvalue weighted by molar-refractivity contribution is 7.99. The van der Waals surface area contributed by atoms with E-state index >= 15 is 0 Å². The second kappa shape index (κ2) is 7.32. The van der Waals surface area contributed by atoms with Gasteiger partial charge < -0.3 is 21.4 Å². The Bertz CT molecular complexity index is 747. The number of nitrogens with zero attached hydrogens (tertiary/aromatic N) is 3. The summed E-state index contributed by atoms with van der Waals surface area (Å²) in [6.07, 6.45) is 5.51. The number of nitrogens with one attached hydrogen (secondary N) is 1. The molecule has 0 aliphatic carbocycles. The van der Waals surface area contributed by atoms with Crippen LogP contribution >= 0.6 is 11.8 Å². The van der Waals surface area contributed by atoms with Gasteiger partial charge >= 0.3 is 0 Å². The number of nitrogen functional groups attached to an aromatic ring is 1. The van der Waals surface area contributed by atoms with Gasteiger partial charge in [0.25, 0.3) is 0 Å². The average molecular weight is 330 g/mol. The third-order valence-corrected chi connectivity index (χ3v) is 4.36.